The number of halogens is 2. The van der Waals surface area contributed by atoms with E-state index in [2.05, 4.69) is 10.2 Å². The topological polar surface area (TPSA) is 25.8 Å². The van der Waals surface area contributed by atoms with Crippen LogP contribution < -0.4 is 0 Å². The van der Waals surface area contributed by atoms with Gasteiger partial charge in [0.1, 0.15) is 0 Å². The number of aromatic nitrogens is 2. The third kappa shape index (κ3) is 1.26. The molecule has 0 fully saturated rings. The maximum Gasteiger partial charge on any atom is 0.265 e. The van der Waals surface area contributed by atoms with Crippen LogP contribution in [0.2, 0.25) is 0 Å². The molecule has 0 atom stereocenters. The van der Waals surface area contributed by atoms with Gasteiger partial charge in [0.05, 0.1) is 11.9 Å². The Morgan fingerprint density at radius 1 is 1.50 bits per heavy atom. The highest BCUT2D eigenvalue weighted by Gasteiger charge is 2.09. The summed E-state index contributed by atoms with van der Waals surface area (Å²) in [5.74, 6) is 0. The molecule has 1 aromatic heterocycles. The normalized spacial score (nSPS) is 10.4. The van der Waals surface area contributed by atoms with Crippen molar-refractivity contribution in [1.29, 1.82) is 0 Å². The van der Waals surface area contributed by atoms with Crippen molar-refractivity contribution in [2.24, 2.45) is 0 Å². The van der Waals surface area contributed by atoms with Crippen LogP contribution in [0.3, 0.4) is 0 Å². The smallest absolute Gasteiger partial charge is 0.205 e. The van der Waals surface area contributed by atoms with Crippen molar-refractivity contribution >= 4 is 0 Å². The van der Waals surface area contributed by atoms with E-state index in [-0.39, 0.29) is 11.3 Å². The van der Waals surface area contributed by atoms with Crippen molar-refractivity contribution in [3.05, 3.63) is 23.5 Å². The summed E-state index contributed by atoms with van der Waals surface area (Å²) in [5, 5.41) is 6.91. The molecule has 2 nitrogen and oxygen atoms in total. The molecule has 0 aliphatic carbocycles. The van der Waals surface area contributed by atoms with Gasteiger partial charge in [-0.05, 0) is 13.0 Å². The predicted molar refractivity (Wildman–Crippen MR) is 31.7 cm³/mol. The second-order valence-electron chi connectivity index (χ2n) is 1.87. The van der Waals surface area contributed by atoms with Crippen molar-refractivity contribution < 1.29 is 8.78 Å². The maximum atomic E-state index is 12.0. The van der Waals surface area contributed by atoms with Crippen LogP contribution in [0.4, 0.5) is 8.78 Å². The summed E-state index contributed by atoms with van der Waals surface area (Å²) in [6.07, 6.45) is -1.19. The van der Waals surface area contributed by atoms with E-state index in [1.165, 1.54) is 19.2 Å². The molecule has 0 aromatic carbocycles. The Morgan fingerprint density at radius 3 is 2.60 bits per heavy atom. The fourth-order valence-corrected chi connectivity index (χ4v) is 0.643. The quantitative estimate of drug-likeness (QED) is 0.599. The monoisotopic (exact) mass is 144 g/mol. The number of aryl methyl sites for hydroxylation is 1. The molecule has 1 aromatic rings. The predicted octanol–water partition coefficient (Wildman–Crippen LogP) is 1.72. The van der Waals surface area contributed by atoms with Gasteiger partial charge in [-0.1, -0.05) is 0 Å². The third-order valence-corrected chi connectivity index (χ3v) is 1.18. The standard InChI is InChI=1S/C6H6F2N2/c1-4-5(6(7)8)2-3-9-10-4/h2-3,6H,1H3. The van der Waals surface area contributed by atoms with Gasteiger partial charge < -0.3 is 0 Å². The minimum Gasteiger partial charge on any atom is -0.205 e. The summed E-state index contributed by atoms with van der Waals surface area (Å²) >= 11 is 0. The second-order valence-corrected chi connectivity index (χ2v) is 1.87. The summed E-state index contributed by atoms with van der Waals surface area (Å²) in [5.41, 5.74) is 0.243. The summed E-state index contributed by atoms with van der Waals surface area (Å²) in [4.78, 5) is 0. The zero-order chi connectivity index (χ0) is 7.56. The Bertz CT molecular complexity index is 225. The zero-order valence-electron chi connectivity index (χ0n) is 5.38. The van der Waals surface area contributed by atoms with Gasteiger partial charge in [-0.15, -0.1) is 0 Å². The maximum absolute atomic E-state index is 12.0. The van der Waals surface area contributed by atoms with E-state index in [4.69, 9.17) is 0 Å². The zero-order valence-corrected chi connectivity index (χ0v) is 5.38. The van der Waals surface area contributed by atoms with E-state index in [1.54, 1.807) is 0 Å². The molecule has 0 saturated heterocycles. The molecule has 0 bridgehead atoms. The van der Waals surface area contributed by atoms with Gasteiger partial charge in [0.2, 0.25) is 0 Å². The van der Waals surface area contributed by atoms with Gasteiger partial charge >= 0.3 is 0 Å². The molecule has 0 radical (unpaired) electrons. The van der Waals surface area contributed by atoms with Crippen LogP contribution in [0, 0.1) is 6.92 Å². The number of rotatable bonds is 1. The molecule has 0 aliphatic rings. The molecule has 0 spiro atoms. The first-order valence-electron chi connectivity index (χ1n) is 2.78. The number of hydrogen-bond acceptors (Lipinski definition) is 2. The van der Waals surface area contributed by atoms with E-state index in [9.17, 15) is 8.78 Å². The van der Waals surface area contributed by atoms with Gasteiger partial charge in [-0.2, -0.15) is 10.2 Å². The number of hydrogen-bond donors (Lipinski definition) is 0. The Kier molecular flexibility index (Phi) is 1.89. The first kappa shape index (κ1) is 7.05. The van der Waals surface area contributed by atoms with Gasteiger partial charge in [-0.25, -0.2) is 8.78 Å². The van der Waals surface area contributed by atoms with Crippen molar-refractivity contribution in [3.8, 4) is 0 Å². The van der Waals surface area contributed by atoms with E-state index < -0.39 is 6.43 Å². The lowest BCUT2D eigenvalue weighted by Crippen LogP contribution is -1.93. The summed E-state index contributed by atoms with van der Waals surface area (Å²) in [6.45, 7) is 1.51. The molecule has 0 saturated carbocycles. The van der Waals surface area contributed by atoms with Gasteiger partial charge in [-0.3, -0.25) is 0 Å². The number of nitrogens with zero attached hydrogens (tertiary/aromatic N) is 2. The average Bonchev–Trinajstić information content (AvgIpc) is 1.88. The Labute approximate surface area is 56.9 Å². The van der Waals surface area contributed by atoms with Crippen LogP contribution in [0.15, 0.2) is 12.3 Å². The van der Waals surface area contributed by atoms with Gasteiger partial charge in [0.25, 0.3) is 6.43 Å². The molecule has 54 valence electrons. The summed E-state index contributed by atoms with van der Waals surface area (Å²) in [6, 6.07) is 1.27. The fourth-order valence-electron chi connectivity index (χ4n) is 0.643. The second kappa shape index (κ2) is 2.68. The lowest BCUT2D eigenvalue weighted by Gasteiger charge is -1.99. The largest absolute Gasteiger partial charge is 0.265 e. The van der Waals surface area contributed by atoms with E-state index >= 15 is 0 Å². The first-order chi connectivity index (χ1) is 4.72. The molecular weight excluding hydrogens is 138 g/mol. The number of alkyl halides is 2. The highest BCUT2D eigenvalue weighted by molar-refractivity contribution is 5.16. The van der Waals surface area contributed by atoms with Gasteiger partial charge in [0, 0.05) is 5.56 Å². The van der Waals surface area contributed by atoms with Crippen molar-refractivity contribution in [1.82, 2.24) is 10.2 Å². The highest BCUT2D eigenvalue weighted by Crippen LogP contribution is 2.19. The molecule has 1 rings (SSSR count). The van der Waals surface area contributed by atoms with Crippen LogP contribution in [-0.4, -0.2) is 10.2 Å². The Hall–Kier alpha value is -1.06. The SMILES string of the molecule is Cc1nnccc1C(F)F. The van der Waals surface area contributed by atoms with Crippen LogP contribution >= 0.6 is 0 Å². The Morgan fingerprint density at radius 2 is 2.20 bits per heavy atom. The van der Waals surface area contributed by atoms with E-state index in [1.807, 2.05) is 0 Å². The molecular formula is C6H6F2N2. The fraction of sp³-hybridized carbons (Fsp3) is 0.333. The van der Waals surface area contributed by atoms with Crippen LogP contribution in [0.5, 0.6) is 0 Å². The average molecular weight is 144 g/mol. The molecule has 1 heterocycles. The van der Waals surface area contributed by atoms with Crippen molar-refractivity contribution in [3.63, 3.8) is 0 Å². The third-order valence-electron chi connectivity index (χ3n) is 1.18. The first-order valence-corrected chi connectivity index (χ1v) is 2.78. The molecule has 0 amide bonds. The lowest BCUT2D eigenvalue weighted by molar-refractivity contribution is 0.150. The van der Waals surface area contributed by atoms with Gasteiger partial charge in [0.15, 0.2) is 0 Å². The molecule has 0 unspecified atom stereocenters. The molecule has 0 N–H and O–H groups in total. The molecule has 4 heteroatoms. The summed E-state index contributed by atoms with van der Waals surface area (Å²) in [7, 11) is 0. The van der Waals surface area contributed by atoms with Crippen LogP contribution in [0.1, 0.15) is 17.7 Å². The van der Waals surface area contributed by atoms with Crippen LogP contribution in [0.25, 0.3) is 0 Å². The molecule has 10 heavy (non-hydrogen) atoms. The van der Waals surface area contributed by atoms with Crippen molar-refractivity contribution in [2.75, 3.05) is 0 Å². The van der Waals surface area contributed by atoms with E-state index in [0.29, 0.717) is 0 Å². The van der Waals surface area contributed by atoms with Crippen LogP contribution in [-0.2, 0) is 0 Å². The molecule has 0 aliphatic heterocycles. The summed E-state index contributed by atoms with van der Waals surface area (Å²) < 4.78 is 23.9. The van der Waals surface area contributed by atoms with E-state index in [0.717, 1.165) is 0 Å². The minimum absolute atomic E-state index is 0.0463. The Balaban J connectivity index is 3.03. The highest BCUT2D eigenvalue weighted by atomic mass is 19.3. The minimum atomic E-state index is -2.45. The lowest BCUT2D eigenvalue weighted by atomic mass is 10.2. The van der Waals surface area contributed by atoms with Crippen molar-refractivity contribution in [2.45, 2.75) is 13.3 Å².